The Morgan fingerprint density at radius 1 is 1.16 bits per heavy atom. The summed E-state index contributed by atoms with van der Waals surface area (Å²) in [6.45, 7) is 6.45. The Morgan fingerprint density at radius 3 is 2.32 bits per heavy atom. The minimum Gasteiger partial charge on any atom is -0.329 e. The van der Waals surface area contributed by atoms with Crippen molar-refractivity contribution in [1.82, 2.24) is 4.90 Å². The van der Waals surface area contributed by atoms with Gasteiger partial charge in [0.05, 0.1) is 0 Å². The summed E-state index contributed by atoms with van der Waals surface area (Å²) in [6, 6.07) is 4.69. The maximum absolute atomic E-state index is 14.1. The van der Waals surface area contributed by atoms with Crippen molar-refractivity contribution in [3.8, 4) is 0 Å². The monoisotopic (exact) mass is 379 g/mol. The fourth-order valence-electron chi connectivity index (χ4n) is 2.24. The summed E-state index contributed by atoms with van der Waals surface area (Å²) in [5.74, 6) is -1.06. The van der Waals surface area contributed by atoms with Crippen molar-refractivity contribution in [2.75, 3.05) is 13.1 Å². The topological polar surface area (TPSA) is 20.3 Å². The largest absolute Gasteiger partial charge is 0.406 e. The van der Waals surface area contributed by atoms with E-state index in [0.717, 1.165) is 4.90 Å². The highest BCUT2D eigenvalue weighted by Gasteiger charge is 2.34. The molecular formula is C18H26F4NOP. The maximum Gasteiger partial charge on any atom is 0.406 e. The van der Waals surface area contributed by atoms with Crippen LogP contribution < -0.4 is 5.30 Å². The number of hydrogen-bond acceptors (Lipinski definition) is 1. The number of hydrogen-bond donors (Lipinski definition) is 0. The summed E-state index contributed by atoms with van der Waals surface area (Å²) in [5, 5.41) is 0.339. The molecule has 1 amide bonds. The van der Waals surface area contributed by atoms with Gasteiger partial charge in [-0.3, -0.25) is 4.79 Å². The van der Waals surface area contributed by atoms with Crippen LogP contribution in [-0.4, -0.2) is 30.1 Å². The van der Waals surface area contributed by atoms with Crippen LogP contribution in [0, 0.1) is 5.82 Å². The molecule has 0 aromatic heterocycles. The molecule has 0 saturated heterocycles. The molecule has 2 nitrogen and oxygen atoms in total. The number of rotatable bonds is 2. The quantitative estimate of drug-likeness (QED) is 0.526. The Hall–Kier alpha value is -1.42. The van der Waals surface area contributed by atoms with Gasteiger partial charge < -0.3 is 4.90 Å². The number of nitrogens with zero attached hydrogens (tertiary/aromatic N) is 1. The van der Waals surface area contributed by atoms with Crippen LogP contribution in [0.2, 0.25) is 0 Å². The van der Waals surface area contributed by atoms with Crippen LogP contribution in [-0.2, 0) is 4.79 Å². The third-order valence-corrected chi connectivity index (χ3v) is 3.65. The van der Waals surface area contributed by atoms with Crippen molar-refractivity contribution in [1.29, 1.82) is 0 Å². The van der Waals surface area contributed by atoms with Gasteiger partial charge in [-0.15, -0.1) is 9.24 Å². The van der Waals surface area contributed by atoms with Crippen molar-refractivity contribution in [2.45, 2.75) is 46.7 Å². The second kappa shape index (κ2) is 11.2. The number of carbonyl (C=O) groups is 1. The van der Waals surface area contributed by atoms with Crippen molar-refractivity contribution in [3.63, 3.8) is 0 Å². The van der Waals surface area contributed by atoms with E-state index in [1.165, 1.54) is 6.07 Å². The molecule has 1 unspecified atom stereocenters. The van der Waals surface area contributed by atoms with Crippen molar-refractivity contribution >= 4 is 26.0 Å². The lowest BCUT2D eigenvalue weighted by molar-refractivity contribution is -0.159. The standard InChI is InChI=1S/C14H14F4NOP.2C2H6/c15-13-10(4-2-5-11(13)21)9-3-1-6-12(20)19(7-9)8-14(16,17)18;2*1-2/h2-5H,1,6-8,21H2;2*1-2H3. The Morgan fingerprint density at radius 2 is 1.76 bits per heavy atom. The number of amides is 1. The van der Waals surface area contributed by atoms with E-state index in [2.05, 4.69) is 9.24 Å². The van der Waals surface area contributed by atoms with Crippen molar-refractivity contribution in [3.05, 3.63) is 35.7 Å². The molecule has 25 heavy (non-hydrogen) atoms. The van der Waals surface area contributed by atoms with E-state index >= 15 is 0 Å². The van der Waals surface area contributed by atoms with Gasteiger partial charge in [0.1, 0.15) is 12.4 Å². The Balaban J connectivity index is 0.00000134. The average molecular weight is 379 g/mol. The highest BCUT2D eigenvalue weighted by Crippen LogP contribution is 2.26. The van der Waals surface area contributed by atoms with E-state index in [9.17, 15) is 22.4 Å². The second-order valence-corrected chi connectivity index (χ2v) is 5.46. The minimum atomic E-state index is -4.47. The van der Waals surface area contributed by atoms with E-state index in [1.807, 2.05) is 27.7 Å². The number of carbonyl (C=O) groups excluding carboxylic acids is 1. The van der Waals surface area contributed by atoms with Crippen LogP contribution in [0.15, 0.2) is 24.3 Å². The molecular weight excluding hydrogens is 353 g/mol. The van der Waals surface area contributed by atoms with Crippen LogP contribution in [0.25, 0.3) is 5.57 Å². The van der Waals surface area contributed by atoms with Gasteiger partial charge in [0.15, 0.2) is 0 Å². The summed E-state index contributed by atoms with van der Waals surface area (Å²) in [7, 11) is 2.24. The zero-order chi connectivity index (χ0) is 19.6. The first-order chi connectivity index (χ1) is 11.8. The molecule has 0 N–H and O–H groups in total. The van der Waals surface area contributed by atoms with E-state index < -0.39 is 24.4 Å². The molecule has 2 rings (SSSR count). The molecule has 0 radical (unpaired) electrons. The third kappa shape index (κ3) is 7.55. The number of allylic oxidation sites excluding steroid dienone is 1. The molecule has 0 saturated carbocycles. The lowest BCUT2D eigenvalue weighted by Gasteiger charge is -2.23. The molecule has 1 heterocycles. The van der Waals surface area contributed by atoms with Crippen LogP contribution in [0.5, 0.6) is 0 Å². The van der Waals surface area contributed by atoms with Gasteiger partial charge in [-0.25, -0.2) is 4.39 Å². The first-order valence-electron chi connectivity index (χ1n) is 8.36. The fraction of sp³-hybridized carbons (Fsp3) is 0.500. The van der Waals surface area contributed by atoms with Gasteiger partial charge in [0.2, 0.25) is 5.91 Å². The smallest absolute Gasteiger partial charge is 0.329 e. The molecule has 0 bridgehead atoms. The number of alkyl halides is 3. The Bertz CT molecular complexity index is 585. The van der Waals surface area contributed by atoms with Gasteiger partial charge in [-0.2, -0.15) is 13.2 Å². The lowest BCUT2D eigenvalue weighted by Crippen LogP contribution is -2.39. The second-order valence-electron chi connectivity index (χ2n) is 4.84. The zero-order valence-corrected chi connectivity index (χ0v) is 16.2. The maximum atomic E-state index is 14.1. The Labute approximate surface area is 149 Å². The molecule has 1 aliphatic heterocycles. The highest BCUT2D eigenvalue weighted by atomic mass is 31.0. The lowest BCUT2D eigenvalue weighted by atomic mass is 10.0. The van der Waals surface area contributed by atoms with Gasteiger partial charge in [0, 0.05) is 23.8 Å². The van der Waals surface area contributed by atoms with Crippen LogP contribution in [0.4, 0.5) is 17.6 Å². The van der Waals surface area contributed by atoms with Crippen molar-refractivity contribution in [2.24, 2.45) is 0 Å². The molecule has 7 heteroatoms. The summed E-state index contributed by atoms with van der Waals surface area (Å²) >= 11 is 0. The first kappa shape index (κ1) is 23.6. The molecule has 1 aromatic rings. The normalized spacial score (nSPS) is 14.5. The fourth-order valence-corrected chi connectivity index (χ4v) is 2.51. The molecule has 0 aliphatic carbocycles. The van der Waals surface area contributed by atoms with Gasteiger partial charge in [-0.05, 0) is 12.0 Å². The number of halogens is 4. The predicted molar refractivity (Wildman–Crippen MR) is 98.3 cm³/mol. The summed E-state index contributed by atoms with van der Waals surface area (Å²) in [6.07, 6.45) is -2.52. The van der Waals surface area contributed by atoms with Gasteiger partial charge in [-0.1, -0.05) is 52.0 Å². The third-order valence-electron chi connectivity index (χ3n) is 3.21. The summed E-state index contributed by atoms with van der Waals surface area (Å²) in [4.78, 5) is 12.4. The summed E-state index contributed by atoms with van der Waals surface area (Å²) < 4.78 is 51.7. The van der Waals surface area contributed by atoms with Crippen LogP contribution in [0.1, 0.15) is 46.1 Å². The van der Waals surface area contributed by atoms with E-state index in [-0.39, 0.29) is 18.5 Å². The molecule has 1 aromatic carbocycles. The van der Waals surface area contributed by atoms with E-state index in [1.54, 1.807) is 18.2 Å². The van der Waals surface area contributed by atoms with Gasteiger partial charge in [0.25, 0.3) is 0 Å². The van der Waals surface area contributed by atoms with E-state index in [0.29, 0.717) is 17.3 Å². The highest BCUT2D eigenvalue weighted by molar-refractivity contribution is 7.27. The Kier molecular flexibility index (Phi) is 10.6. The molecule has 1 atom stereocenters. The molecule has 1 aliphatic rings. The van der Waals surface area contributed by atoms with Gasteiger partial charge >= 0.3 is 6.18 Å². The summed E-state index contributed by atoms with van der Waals surface area (Å²) in [5.41, 5.74) is 0.649. The minimum absolute atomic E-state index is 0.00175. The van der Waals surface area contributed by atoms with E-state index in [4.69, 9.17) is 0 Å². The van der Waals surface area contributed by atoms with Crippen molar-refractivity contribution < 1.29 is 22.4 Å². The first-order valence-corrected chi connectivity index (χ1v) is 8.93. The predicted octanol–water partition coefficient (Wildman–Crippen LogP) is 4.95. The average Bonchev–Trinajstić information content (AvgIpc) is 2.74. The molecule has 0 fully saturated rings. The molecule has 142 valence electrons. The molecule has 0 spiro atoms. The SMILES string of the molecule is CC.CC.O=C1CCC=C(c2cccc(P)c2F)CN1CC(F)(F)F. The van der Waals surface area contributed by atoms with Crippen LogP contribution >= 0.6 is 9.24 Å². The zero-order valence-electron chi connectivity index (χ0n) is 15.1. The van der Waals surface area contributed by atoms with Crippen LogP contribution in [0.3, 0.4) is 0 Å². The number of benzene rings is 1.